The van der Waals surface area contributed by atoms with Gasteiger partial charge in [0.25, 0.3) is 0 Å². The van der Waals surface area contributed by atoms with Crippen molar-refractivity contribution in [3.05, 3.63) is 23.8 Å². The van der Waals surface area contributed by atoms with Crippen LogP contribution in [0, 0.1) is 5.41 Å². The molecule has 1 heterocycles. The van der Waals surface area contributed by atoms with Crippen LogP contribution < -0.4 is 10.6 Å². The molecule has 0 fully saturated rings. The highest BCUT2D eigenvalue weighted by Gasteiger charge is 2.26. The number of rotatable bonds is 3. The molecule has 1 aliphatic rings. The quantitative estimate of drug-likeness (QED) is 0.867. The standard InChI is InChI=1S/C16H24N2O/c1-5-16(3,4)15(19)18-13-8-6-7-12-10-9-11(2)17-14(12)13/h6-8,11,17H,5,9-10H2,1-4H3,(H,18,19). The zero-order valence-electron chi connectivity index (χ0n) is 12.3. The highest BCUT2D eigenvalue weighted by Crippen LogP contribution is 2.33. The Bertz CT molecular complexity index is 480. The van der Waals surface area contributed by atoms with E-state index in [1.165, 1.54) is 5.56 Å². The molecule has 1 aliphatic heterocycles. The summed E-state index contributed by atoms with van der Waals surface area (Å²) in [4.78, 5) is 12.3. The van der Waals surface area contributed by atoms with E-state index in [9.17, 15) is 4.79 Å². The van der Waals surface area contributed by atoms with Gasteiger partial charge in [0.2, 0.25) is 5.91 Å². The topological polar surface area (TPSA) is 41.1 Å². The van der Waals surface area contributed by atoms with E-state index in [1.54, 1.807) is 0 Å². The molecular formula is C16H24N2O. The highest BCUT2D eigenvalue weighted by atomic mass is 16.2. The molecule has 104 valence electrons. The largest absolute Gasteiger partial charge is 0.381 e. The van der Waals surface area contributed by atoms with Crippen molar-refractivity contribution in [3.8, 4) is 0 Å². The summed E-state index contributed by atoms with van der Waals surface area (Å²) in [5, 5.41) is 6.57. The van der Waals surface area contributed by atoms with Gasteiger partial charge in [-0.1, -0.05) is 32.9 Å². The molecule has 0 bridgehead atoms. The number of amides is 1. The first-order chi connectivity index (χ1) is 8.94. The van der Waals surface area contributed by atoms with E-state index >= 15 is 0 Å². The molecule has 1 aromatic carbocycles. The Morgan fingerprint density at radius 2 is 2.21 bits per heavy atom. The third-order valence-corrected chi connectivity index (χ3v) is 4.13. The normalized spacial score (nSPS) is 18.4. The maximum absolute atomic E-state index is 12.3. The van der Waals surface area contributed by atoms with Crippen molar-refractivity contribution >= 4 is 17.3 Å². The molecule has 3 nitrogen and oxygen atoms in total. The second-order valence-electron chi connectivity index (χ2n) is 6.12. The summed E-state index contributed by atoms with van der Waals surface area (Å²) in [6.07, 6.45) is 3.05. The second-order valence-corrected chi connectivity index (χ2v) is 6.12. The molecule has 0 saturated heterocycles. The molecule has 0 radical (unpaired) electrons. The molecule has 0 aliphatic carbocycles. The maximum Gasteiger partial charge on any atom is 0.230 e. The molecule has 1 aromatic rings. The SMILES string of the molecule is CCC(C)(C)C(=O)Nc1cccc2c1NC(C)CC2. The number of benzene rings is 1. The van der Waals surface area contributed by atoms with Gasteiger partial charge in [-0.3, -0.25) is 4.79 Å². The molecule has 1 unspecified atom stereocenters. The van der Waals surface area contributed by atoms with Crippen LogP contribution in [0.25, 0.3) is 0 Å². The Morgan fingerprint density at radius 3 is 2.89 bits per heavy atom. The van der Waals surface area contributed by atoms with Crippen molar-refractivity contribution in [2.45, 2.75) is 53.0 Å². The van der Waals surface area contributed by atoms with Gasteiger partial charge in [-0.25, -0.2) is 0 Å². The predicted molar refractivity (Wildman–Crippen MR) is 80.5 cm³/mol. The maximum atomic E-state index is 12.3. The Kier molecular flexibility index (Phi) is 3.83. The van der Waals surface area contributed by atoms with Crippen LogP contribution in [-0.4, -0.2) is 11.9 Å². The molecule has 1 amide bonds. The van der Waals surface area contributed by atoms with E-state index in [0.717, 1.165) is 30.6 Å². The van der Waals surface area contributed by atoms with Crippen molar-refractivity contribution in [2.75, 3.05) is 10.6 Å². The molecular weight excluding hydrogens is 236 g/mol. The summed E-state index contributed by atoms with van der Waals surface area (Å²) in [5.74, 6) is 0.0865. The van der Waals surface area contributed by atoms with Crippen LogP contribution in [0.5, 0.6) is 0 Å². The number of anilines is 2. The van der Waals surface area contributed by atoms with Gasteiger partial charge in [-0.15, -0.1) is 0 Å². The van der Waals surface area contributed by atoms with Gasteiger partial charge in [-0.05, 0) is 37.8 Å². The summed E-state index contributed by atoms with van der Waals surface area (Å²) in [7, 11) is 0. The lowest BCUT2D eigenvalue weighted by atomic mass is 9.89. The van der Waals surface area contributed by atoms with Crippen molar-refractivity contribution in [2.24, 2.45) is 5.41 Å². The molecule has 3 heteroatoms. The Morgan fingerprint density at radius 1 is 1.47 bits per heavy atom. The third-order valence-electron chi connectivity index (χ3n) is 4.13. The number of hydrogen-bond acceptors (Lipinski definition) is 2. The van der Waals surface area contributed by atoms with Gasteiger partial charge in [-0.2, -0.15) is 0 Å². The van der Waals surface area contributed by atoms with Gasteiger partial charge in [0.1, 0.15) is 0 Å². The van der Waals surface area contributed by atoms with E-state index in [2.05, 4.69) is 23.6 Å². The molecule has 0 spiro atoms. The first kappa shape index (κ1) is 13.9. The van der Waals surface area contributed by atoms with Gasteiger partial charge in [0, 0.05) is 11.5 Å². The van der Waals surface area contributed by atoms with Gasteiger partial charge < -0.3 is 10.6 Å². The number of fused-ring (bicyclic) bond motifs is 1. The lowest BCUT2D eigenvalue weighted by Crippen LogP contribution is -2.31. The van der Waals surface area contributed by atoms with Crippen LogP contribution >= 0.6 is 0 Å². The van der Waals surface area contributed by atoms with Crippen molar-refractivity contribution in [3.63, 3.8) is 0 Å². The molecule has 19 heavy (non-hydrogen) atoms. The first-order valence-corrected chi connectivity index (χ1v) is 7.14. The van der Waals surface area contributed by atoms with E-state index in [1.807, 2.05) is 32.9 Å². The fourth-order valence-electron chi connectivity index (χ4n) is 2.23. The minimum absolute atomic E-state index is 0.0865. The van der Waals surface area contributed by atoms with Crippen LogP contribution in [0.2, 0.25) is 0 Å². The zero-order valence-corrected chi connectivity index (χ0v) is 12.3. The molecule has 0 saturated carbocycles. The van der Waals surface area contributed by atoms with E-state index in [0.29, 0.717) is 6.04 Å². The monoisotopic (exact) mass is 260 g/mol. The number of hydrogen-bond donors (Lipinski definition) is 2. The van der Waals surface area contributed by atoms with Crippen LogP contribution in [0.15, 0.2) is 18.2 Å². The number of nitrogens with one attached hydrogen (secondary N) is 2. The average molecular weight is 260 g/mol. The summed E-state index contributed by atoms with van der Waals surface area (Å²) < 4.78 is 0. The Labute approximate surface area is 115 Å². The molecule has 2 rings (SSSR count). The Hall–Kier alpha value is -1.51. The summed E-state index contributed by atoms with van der Waals surface area (Å²) in [5.41, 5.74) is 2.98. The highest BCUT2D eigenvalue weighted by molar-refractivity contribution is 5.98. The zero-order chi connectivity index (χ0) is 14.0. The summed E-state index contributed by atoms with van der Waals surface area (Å²) in [6.45, 7) is 8.18. The van der Waals surface area contributed by atoms with Gasteiger partial charge in [0.15, 0.2) is 0 Å². The molecule has 1 atom stereocenters. The van der Waals surface area contributed by atoms with Crippen LogP contribution in [-0.2, 0) is 11.2 Å². The average Bonchev–Trinajstić information content (AvgIpc) is 2.39. The number of carbonyl (C=O) groups excluding carboxylic acids is 1. The first-order valence-electron chi connectivity index (χ1n) is 7.14. The van der Waals surface area contributed by atoms with Crippen LogP contribution in [0.3, 0.4) is 0 Å². The number of para-hydroxylation sites is 1. The number of carbonyl (C=O) groups is 1. The lowest BCUT2D eigenvalue weighted by Gasteiger charge is -2.28. The minimum Gasteiger partial charge on any atom is -0.381 e. The lowest BCUT2D eigenvalue weighted by molar-refractivity contribution is -0.124. The van der Waals surface area contributed by atoms with Crippen molar-refractivity contribution in [1.82, 2.24) is 0 Å². The smallest absolute Gasteiger partial charge is 0.230 e. The molecule has 2 N–H and O–H groups in total. The van der Waals surface area contributed by atoms with Crippen LogP contribution in [0.4, 0.5) is 11.4 Å². The molecule has 0 aromatic heterocycles. The minimum atomic E-state index is -0.330. The Balaban J connectivity index is 2.24. The van der Waals surface area contributed by atoms with E-state index in [-0.39, 0.29) is 11.3 Å². The van der Waals surface area contributed by atoms with Crippen LogP contribution in [0.1, 0.15) is 46.1 Å². The predicted octanol–water partition coefficient (Wildman–Crippen LogP) is 3.81. The third kappa shape index (κ3) is 2.91. The number of aryl methyl sites for hydroxylation is 1. The van der Waals surface area contributed by atoms with Gasteiger partial charge >= 0.3 is 0 Å². The van der Waals surface area contributed by atoms with Crippen molar-refractivity contribution < 1.29 is 4.79 Å². The van der Waals surface area contributed by atoms with Crippen molar-refractivity contribution in [1.29, 1.82) is 0 Å². The fourth-order valence-corrected chi connectivity index (χ4v) is 2.23. The summed E-state index contributed by atoms with van der Waals surface area (Å²) >= 11 is 0. The summed E-state index contributed by atoms with van der Waals surface area (Å²) in [6, 6.07) is 6.60. The fraction of sp³-hybridized carbons (Fsp3) is 0.562. The van der Waals surface area contributed by atoms with Gasteiger partial charge in [0.05, 0.1) is 11.4 Å². The second kappa shape index (κ2) is 5.24. The van der Waals surface area contributed by atoms with E-state index in [4.69, 9.17) is 0 Å². The van der Waals surface area contributed by atoms with E-state index < -0.39 is 0 Å².